The fourth-order valence-corrected chi connectivity index (χ4v) is 6.08. The van der Waals surface area contributed by atoms with Crippen LogP contribution in [-0.4, -0.2) is 62.8 Å². The van der Waals surface area contributed by atoms with E-state index in [1.54, 1.807) is 16.4 Å². The van der Waals surface area contributed by atoms with Crippen LogP contribution < -0.4 is 4.90 Å². The topological polar surface area (TPSA) is 60.9 Å². The van der Waals surface area contributed by atoms with Crippen molar-refractivity contribution in [3.8, 4) is 0 Å². The highest BCUT2D eigenvalue weighted by Crippen LogP contribution is 2.30. The second kappa shape index (κ2) is 10.6. The van der Waals surface area contributed by atoms with Gasteiger partial charge in [0.05, 0.1) is 10.5 Å². The molecule has 0 unspecified atom stereocenters. The minimum atomic E-state index is -3.57. The second-order valence-electron chi connectivity index (χ2n) is 8.48. The average Bonchev–Trinajstić information content (AvgIpc) is 2.79. The molecule has 0 aliphatic carbocycles. The molecule has 1 aromatic rings. The van der Waals surface area contributed by atoms with Crippen molar-refractivity contribution in [3.63, 3.8) is 0 Å². The maximum Gasteiger partial charge on any atom is 0.256 e. The Kier molecular flexibility index (Phi) is 8.17. The van der Waals surface area contributed by atoms with E-state index in [0.717, 1.165) is 63.7 Å². The molecular weight excluding hydrogens is 398 g/mol. The van der Waals surface area contributed by atoms with Crippen molar-refractivity contribution in [1.29, 1.82) is 0 Å². The molecule has 3 rings (SSSR count). The molecular formula is C23H37N3O3S. The van der Waals surface area contributed by atoms with Crippen LogP contribution in [0.15, 0.2) is 23.1 Å². The third-order valence-corrected chi connectivity index (χ3v) is 8.02. The SMILES string of the molecule is CCCN(CCC)C(=O)c1cc(S(=O)(=O)N2CCCCC2)ccc1N1CCCCC1. The predicted molar refractivity (Wildman–Crippen MR) is 122 cm³/mol. The molecule has 30 heavy (non-hydrogen) atoms. The Morgan fingerprint density at radius 1 is 0.900 bits per heavy atom. The number of amides is 1. The first kappa shape index (κ1) is 23.1. The Hall–Kier alpha value is -1.60. The Morgan fingerprint density at radius 3 is 2.03 bits per heavy atom. The molecule has 6 nitrogen and oxygen atoms in total. The van der Waals surface area contributed by atoms with Crippen LogP contribution >= 0.6 is 0 Å². The Bertz CT molecular complexity index is 807. The normalized spacial score (nSPS) is 18.4. The zero-order valence-electron chi connectivity index (χ0n) is 18.6. The summed E-state index contributed by atoms with van der Waals surface area (Å²) in [6, 6.07) is 5.22. The van der Waals surface area contributed by atoms with Crippen molar-refractivity contribution in [2.45, 2.75) is 70.1 Å². The summed E-state index contributed by atoms with van der Waals surface area (Å²) in [6.07, 6.45) is 8.07. The van der Waals surface area contributed by atoms with Crippen molar-refractivity contribution in [3.05, 3.63) is 23.8 Å². The van der Waals surface area contributed by atoms with E-state index in [1.165, 1.54) is 6.42 Å². The van der Waals surface area contributed by atoms with Crippen molar-refractivity contribution in [1.82, 2.24) is 9.21 Å². The van der Waals surface area contributed by atoms with Crippen LogP contribution in [-0.2, 0) is 10.0 Å². The van der Waals surface area contributed by atoms with Gasteiger partial charge in [-0.1, -0.05) is 20.3 Å². The third kappa shape index (κ3) is 5.17. The number of sulfonamides is 1. The van der Waals surface area contributed by atoms with E-state index < -0.39 is 10.0 Å². The van der Waals surface area contributed by atoms with E-state index in [4.69, 9.17) is 0 Å². The van der Waals surface area contributed by atoms with Gasteiger partial charge in [0.1, 0.15) is 0 Å². The fraction of sp³-hybridized carbons (Fsp3) is 0.696. The lowest BCUT2D eigenvalue weighted by molar-refractivity contribution is 0.0756. The minimum Gasteiger partial charge on any atom is -0.371 e. The van der Waals surface area contributed by atoms with Crippen molar-refractivity contribution in [2.24, 2.45) is 0 Å². The monoisotopic (exact) mass is 435 g/mol. The molecule has 0 bridgehead atoms. The molecule has 0 atom stereocenters. The summed E-state index contributed by atoms with van der Waals surface area (Å²) in [6.45, 7) is 8.48. The van der Waals surface area contributed by atoms with Crippen LogP contribution in [0.3, 0.4) is 0 Å². The zero-order chi connectivity index (χ0) is 21.6. The summed E-state index contributed by atoms with van der Waals surface area (Å²) in [5.41, 5.74) is 1.42. The van der Waals surface area contributed by atoms with E-state index in [9.17, 15) is 13.2 Å². The van der Waals surface area contributed by atoms with Crippen molar-refractivity contribution >= 4 is 21.6 Å². The Morgan fingerprint density at radius 2 is 1.47 bits per heavy atom. The number of rotatable bonds is 8. The number of hydrogen-bond acceptors (Lipinski definition) is 4. The maximum absolute atomic E-state index is 13.5. The summed E-state index contributed by atoms with van der Waals surface area (Å²) in [5.74, 6) is -0.0463. The molecule has 1 amide bonds. The first-order valence-electron chi connectivity index (χ1n) is 11.7. The van der Waals surface area contributed by atoms with Gasteiger partial charge in [0.2, 0.25) is 10.0 Å². The standard InChI is InChI=1S/C23H37N3O3S/c1-3-13-25(14-4-2)23(27)21-19-20(30(28,29)26-17-9-6-10-18-26)11-12-22(21)24-15-7-5-8-16-24/h11-12,19H,3-10,13-18H2,1-2H3. The Labute approximate surface area is 182 Å². The molecule has 1 aromatic carbocycles. The Balaban J connectivity index is 2.00. The summed E-state index contributed by atoms with van der Waals surface area (Å²) >= 11 is 0. The average molecular weight is 436 g/mol. The van der Waals surface area contributed by atoms with Crippen molar-refractivity contribution < 1.29 is 13.2 Å². The lowest BCUT2D eigenvalue weighted by Gasteiger charge is -2.32. The largest absolute Gasteiger partial charge is 0.371 e. The predicted octanol–water partition coefficient (Wildman–Crippen LogP) is 4.11. The van der Waals surface area contributed by atoms with Gasteiger partial charge in [-0.2, -0.15) is 4.31 Å². The summed E-state index contributed by atoms with van der Waals surface area (Å²) in [5, 5.41) is 0. The zero-order valence-corrected chi connectivity index (χ0v) is 19.4. The molecule has 2 saturated heterocycles. The fourth-order valence-electron chi connectivity index (χ4n) is 4.54. The van der Waals surface area contributed by atoms with Crippen LogP contribution in [0.4, 0.5) is 5.69 Å². The number of benzene rings is 1. The van der Waals surface area contributed by atoms with Crippen LogP contribution in [0.1, 0.15) is 75.6 Å². The molecule has 0 saturated carbocycles. The smallest absolute Gasteiger partial charge is 0.256 e. The van der Waals surface area contributed by atoms with Gasteiger partial charge in [-0.3, -0.25) is 4.79 Å². The highest BCUT2D eigenvalue weighted by atomic mass is 32.2. The third-order valence-electron chi connectivity index (χ3n) is 6.12. The van der Waals surface area contributed by atoms with Gasteiger partial charge in [-0.25, -0.2) is 8.42 Å². The van der Waals surface area contributed by atoms with E-state index in [1.807, 2.05) is 11.0 Å². The van der Waals surface area contributed by atoms with E-state index in [2.05, 4.69) is 18.7 Å². The number of carbonyl (C=O) groups excluding carboxylic acids is 1. The first-order chi connectivity index (χ1) is 14.5. The molecule has 0 aromatic heterocycles. The van der Waals surface area contributed by atoms with Crippen LogP contribution in [0.5, 0.6) is 0 Å². The van der Waals surface area contributed by atoms with E-state index >= 15 is 0 Å². The van der Waals surface area contributed by atoms with Gasteiger partial charge >= 0.3 is 0 Å². The molecule has 2 aliphatic rings. The second-order valence-corrected chi connectivity index (χ2v) is 10.4. The lowest BCUT2D eigenvalue weighted by Crippen LogP contribution is -2.37. The van der Waals surface area contributed by atoms with Gasteiger partial charge in [0.15, 0.2) is 0 Å². The van der Waals surface area contributed by atoms with Gasteiger partial charge in [0.25, 0.3) is 5.91 Å². The molecule has 0 spiro atoms. The van der Waals surface area contributed by atoms with Gasteiger partial charge in [-0.05, 0) is 63.1 Å². The number of piperidine rings is 2. The van der Waals surface area contributed by atoms with Crippen LogP contribution in [0, 0.1) is 0 Å². The molecule has 2 aliphatic heterocycles. The molecule has 7 heteroatoms. The number of nitrogens with zero attached hydrogens (tertiary/aromatic N) is 3. The summed E-state index contributed by atoms with van der Waals surface area (Å²) in [7, 11) is -3.57. The summed E-state index contributed by atoms with van der Waals surface area (Å²) < 4.78 is 28.1. The summed E-state index contributed by atoms with van der Waals surface area (Å²) in [4.78, 5) is 17.9. The highest BCUT2D eigenvalue weighted by molar-refractivity contribution is 7.89. The molecule has 168 valence electrons. The molecule has 0 N–H and O–H groups in total. The lowest BCUT2D eigenvalue weighted by atomic mass is 10.1. The van der Waals surface area contributed by atoms with Crippen LogP contribution in [0.25, 0.3) is 0 Å². The highest BCUT2D eigenvalue weighted by Gasteiger charge is 2.29. The molecule has 0 radical (unpaired) electrons. The van der Waals surface area contributed by atoms with Gasteiger partial charge in [0, 0.05) is 45.0 Å². The first-order valence-corrected chi connectivity index (χ1v) is 13.1. The molecule has 2 fully saturated rings. The van der Waals surface area contributed by atoms with Crippen LogP contribution in [0.2, 0.25) is 0 Å². The number of carbonyl (C=O) groups is 1. The van der Waals surface area contributed by atoms with E-state index in [-0.39, 0.29) is 10.8 Å². The quantitative estimate of drug-likeness (QED) is 0.616. The maximum atomic E-state index is 13.5. The number of anilines is 1. The minimum absolute atomic E-state index is 0.0463. The molecule has 2 heterocycles. The van der Waals surface area contributed by atoms with Gasteiger partial charge in [-0.15, -0.1) is 0 Å². The number of hydrogen-bond donors (Lipinski definition) is 0. The van der Waals surface area contributed by atoms with Gasteiger partial charge < -0.3 is 9.80 Å². The van der Waals surface area contributed by atoms with E-state index in [0.29, 0.717) is 31.7 Å². The van der Waals surface area contributed by atoms with Crippen molar-refractivity contribution in [2.75, 3.05) is 44.2 Å².